The van der Waals surface area contributed by atoms with Gasteiger partial charge in [-0.3, -0.25) is 0 Å². The summed E-state index contributed by atoms with van der Waals surface area (Å²) in [7, 11) is -4.56. The maximum Gasteiger partial charge on any atom is 0.405 e. The van der Waals surface area contributed by atoms with Crippen LogP contribution in [0.25, 0.3) is 0 Å². The zero-order chi connectivity index (χ0) is 14.9. The van der Waals surface area contributed by atoms with Crippen molar-refractivity contribution in [2.45, 2.75) is 44.1 Å². The summed E-state index contributed by atoms with van der Waals surface area (Å²) in [6.07, 6.45) is -11.1. The highest BCUT2D eigenvalue weighted by Crippen LogP contribution is 2.34. The van der Waals surface area contributed by atoms with Crippen LogP contribution in [0.4, 0.5) is 26.3 Å². The van der Waals surface area contributed by atoms with E-state index in [-0.39, 0.29) is 23.7 Å². The second-order valence-electron chi connectivity index (χ2n) is 4.35. The molecule has 10 heteroatoms. The first-order chi connectivity index (χ1) is 8.43. The number of sulfonamides is 1. The smallest absolute Gasteiger partial charge is 0.212 e. The molecule has 1 aliphatic rings. The van der Waals surface area contributed by atoms with Crippen LogP contribution in [0.3, 0.4) is 0 Å². The van der Waals surface area contributed by atoms with Gasteiger partial charge in [-0.2, -0.15) is 30.6 Å². The van der Waals surface area contributed by atoms with Crippen LogP contribution in [-0.2, 0) is 10.0 Å². The molecule has 0 radical (unpaired) electrons. The molecular formula is C9H13F6NO2S. The van der Waals surface area contributed by atoms with Crippen molar-refractivity contribution in [3.05, 3.63) is 0 Å². The van der Waals surface area contributed by atoms with Gasteiger partial charge in [0.05, 0.1) is 12.2 Å². The quantitative estimate of drug-likeness (QED) is 0.751. The number of hydrogen-bond donors (Lipinski definition) is 0. The molecule has 0 aromatic carbocycles. The van der Waals surface area contributed by atoms with Crippen molar-refractivity contribution < 1.29 is 34.8 Å². The summed E-state index contributed by atoms with van der Waals surface area (Å²) in [4.78, 5) is 0. The monoisotopic (exact) mass is 313 g/mol. The van der Waals surface area contributed by atoms with Gasteiger partial charge in [-0.25, -0.2) is 8.42 Å². The molecule has 3 nitrogen and oxygen atoms in total. The van der Waals surface area contributed by atoms with Crippen LogP contribution in [-0.4, -0.2) is 43.4 Å². The molecule has 1 aliphatic heterocycles. The lowest BCUT2D eigenvalue weighted by Gasteiger charge is -2.35. The molecule has 0 aromatic rings. The SMILES string of the molecule is O=S(=O)(CCC(F)(F)F)N1CCCCC1C(F)(F)F. The van der Waals surface area contributed by atoms with Gasteiger partial charge in [0.2, 0.25) is 10.0 Å². The zero-order valence-corrected chi connectivity index (χ0v) is 10.6. The van der Waals surface area contributed by atoms with E-state index in [0.29, 0.717) is 0 Å². The van der Waals surface area contributed by atoms with Crippen LogP contribution in [0.1, 0.15) is 25.7 Å². The molecule has 0 N–H and O–H groups in total. The second-order valence-corrected chi connectivity index (χ2v) is 6.39. The molecule has 1 saturated heterocycles. The van der Waals surface area contributed by atoms with Crippen molar-refractivity contribution in [1.82, 2.24) is 4.31 Å². The summed E-state index contributed by atoms with van der Waals surface area (Å²) < 4.78 is 97.3. The van der Waals surface area contributed by atoms with Gasteiger partial charge < -0.3 is 0 Å². The Hall–Kier alpha value is -0.510. The first kappa shape index (κ1) is 16.5. The van der Waals surface area contributed by atoms with Crippen molar-refractivity contribution >= 4 is 10.0 Å². The Bertz CT molecular complexity index is 402. The summed E-state index contributed by atoms with van der Waals surface area (Å²) in [5.41, 5.74) is 0. The van der Waals surface area contributed by atoms with Gasteiger partial charge in [-0.15, -0.1) is 0 Å². The van der Waals surface area contributed by atoms with Crippen molar-refractivity contribution in [3.8, 4) is 0 Å². The molecule has 19 heavy (non-hydrogen) atoms. The van der Waals surface area contributed by atoms with E-state index in [4.69, 9.17) is 0 Å². The van der Waals surface area contributed by atoms with Gasteiger partial charge >= 0.3 is 12.4 Å². The molecule has 114 valence electrons. The third-order valence-corrected chi connectivity index (χ3v) is 4.70. The lowest BCUT2D eigenvalue weighted by Crippen LogP contribution is -2.52. The fraction of sp³-hybridized carbons (Fsp3) is 1.00. The third kappa shape index (κ3) is 4.83. The highest BCUT2D eigenvalue weighted by molar-refractivity contribution is 7.89. The largest absolute Gasteiger partial charge is 0.405 e. The Labute approximate surface area is 106 Å². The lowest BCUT2D eigenvalue weighted by molar-refractivity contribution is -0.177. The van der Waals surface area contributed by atoms with E-state index in [1.807, 2.05) is 0 Å². The minimum absolute atomic E-state index is 0.169. The van der Waals surface area contributed by atoms with Crippen LogP contribution in [0.15, 0.2) is 0 Å². The standard InChI is InChI=1S/C9H13F6NO2S/c10-8(11,12)4-6-19(17,18)16-5-2-1-3-7(16)9(13,14)15/h7H,1-6H2. The molecule has 0 spiro atoms. The topological polar surface area (TPSA) is 37.4 Å². The minimum atomic E-state index is -4.76. The van der Waals surface area contributed by atoms with Gasteiger partial charge in [-0.05, 0) is 12.8 Å². The van der Waals surface area contributed by atoms with Crippen molar-refractivity contribution in [2.24, 2.45) is 0 Å². The van der Waals surface area contributed by atoms with E-state index in [9.17, 15) is 34.8 Å². The Kier molecular flexibility index (Phi) is 4.76. The van der Waals surface area contributed by atoms with Crippen molar-refractivity contribution in [1.29, 1.82) is 0 Å². The number of hydrogen-bond acceptors (Lipinski definition) is 2. The number of rotatable bonds is 3. The molecule has 0 aromatic heterocycles. The van der Waals surface area contributed by atoms with E-state index in [0.717, 1.165) is 0 Å². The fourth-order valence-electron chi connectivity index (χ4n) is 1.93. The van der Waals surface area contributed by atoms with Crippen molar-refractivity contribution in [3.63, 3.8) is 0 Å². The molecule has 0 saturated carbocycles. The third-order valence-electron chi connectivity index (χ3n) is 2.83. The summed E-state index contributed by atoms with van der Waals surface area (Å²) in [6, 6.07) is -2.21. The van der Waals surface area contributed by atoms with Gasteiger partial charge in [0.1, 0.15) is 6.04 Å². The van der Waals surface area contributed by atoms with Crippen LogP contribution in [0.5, 0.6) is 0 Å². The molecule has 1 heterocycles. The Balaban J connectivity index is 2.85. The van der Waals surface area contributed by atoms with Gasteiger partial charge in [0.25, 0.3) is 0 Å². The van der Waals surface area contributed by atoms with Crippen LogP contribution in [0.2, 0.25) is 0 Å². The first-order valence-electron chi connectivity index (χ1n) is 5.56. The summed E-state index contributed by atoms with van der Waals surface area (Å²) in [6.45, 7) is -0.385. The van der Waals surface area contributed by atoms with E-state index in [1.165, 1.54) is 0 Å². The Morgan fingerprint density at radius 1 is 1.05 bits per heavy atom. The van der Waals surface area contributed by atoms with Crippen molar-refractivity contribution in [2.75, 3.05) is 12.3 Å². The van der Waals surface area contributed by atoms with Crippen LogP contribution >= 0.6 is 0 Å². The Morgan fingerprint density at radius 2 is 1.63 bits per heavy atom. The summed E-state index contributed by atoms with van der Waals surface area (Å²) in [5.74, 6) is -1.34. The molecule has 1 rings (SSSR count). The van der Waals surface area contributed by atoms with E-state index in [2.05, 4.69) is 0 Å². The van der Waals surface area contributed by atoms with E-state index < -0.39 is 47.0 Å². The maximum atomic E-state index is 12.7. The lowest BCUT2D eigenvalue weighted by atomic mass is 10.1. The second kappa shape index (κ2) is 5.47. The van der Waals surface area contributed by atoms with Gasteiger partial charge in [0, 0.05) is 6.54 Å². The average molecular weight is 313 g/mol. The predicted molar refractivity (Wildman–Crippen MR) is 54.9 cm³/mol. The normalized spacial score (nSPS) is 23.6. The fourth-order valence-corrected chi connectivity index (χ4v) is 3.67. The molecule has 0 bridgehead atoms. The summed E-state index contributed by atoms with van der Waals surface area (Å²) >= 11 is 0. The van der Waals surface area contributed by atoms with Crippen LogP contribution in [0, 0.1) is 0 Å². The molecule has 0 aliphatic carbocycles. The molecular weight excluding hydrogens is 300 g/mol. The van der Waals surface area contributed by atoms with Crippen LogP contribution < -0.4 is 0 Å². The highest BCUT2D eigenvalue weighted by Gasteiger charge is 2.49. The highest BCUT2D eigenvalue weighted by atomic mass is 32.2. The Morgan fingerprint density at radius 3 is 2.11 bits per heavy atom. The van der Waals surface area contributed by atoms with E-state index in [1.54, 1.807) is 0 Å². The van der Waals surface area contributed by atoms with Gasteiger partial charge in [0.15, 0.2) is 0 Å². The number of halogens is 6. The molecule has 1 fully saturated rings. The minimum Gasteiger partial charge on any atom is -0.212 e. The zero-order valence-electron chi connectivity index (χ0n) is 9.76. The first-order valence-corrected chi connectivity index (χ1v) is 7.17. The van der Waals surface area contributed by atoms with Gasteiger partial charge in [-0.1, -0.05) is 6.42 Å². The molecule has 0 amide bonds. The molecule has 1 unspecified atom stereocenters. The number of alkyl halides is 6. The summed E-state index contributed by atoms with van der Waals surface area (Å²) in [5, 5.41) is 0. The average Bonchev–Trinajstić information content (AvgIpc) is 2.25. The predicted octanol–water partition coefficient (Wildman–Crippen LogP) is 2.69. The van der Waals surface area contributed by atoms with E-state index >= 15 is 0 Å². The maximum absolute atomic E-state index is 12.7. The number of piperidine rings is 1. The molecule has 1 atom stereocenters. The number of nitrogens with zero attached hydrogens (tertiary/aromatic N) is 1.